The maximum Gasteiger partial charge on any atom is 0.192 e. The Labute approximate surface area is 63.3 Å². The van der Waals surface area contributed by atoms with Gasteiger partial charge in [-0.05, 0) is 0 Å². The molecule has 0 aliphatic carbocycles. The molecule has 5 heteroatoms. The Hall–Kier alpha value is -0.780. The normalized spacial score (nSPS) is 15.5. The Kier molecular flexibility index (Phi) is 4.60. The van der Waals surface area contributed by atoms with Gasteiger partial charge in [0.15, 0.2) is 5.78 Å². The van der Waals surface area contributed by atoms with Gasteiger partial charge in [0.25, 0.3) is 0 Å². The largest absolute Gasteiger partial charge is 0.393 e. The lowest BCUT2D eigenvalue weighted by Crippen LogP contribution is -2.34. The van der Waals surface area contributed by atoms with Crippen LogP contribution in [0.15, 0.2) is 0 Å². The summed E-state index contributed by atoms with van der Waals surface area (Å²) in [6.07, 6.45) is -3.08. The summed E-state index contributed by atoms with van der Waals surface area (Å²) < 4.78 is 0. The highest BCUT2D eigenvalue weighted by Crippen LogP contribution is 1.95. The lowest BCUT2D eigenvalue weighted by molar-refractivity contribution is -0.138. The highest BCUT2D eigenvalue weighted by molar-refractivity contribution is 5.88. The highest BCUT2D eigenvalue weighted by Gasteiger charge is 2.21. The first-order valence-corrected chi connectivity index (χ1v) is 3.07. The van der Waals surface area contributed by atoms with E-state index >= 15 is 0 Å². The number of aliphatic hydroxyl groups excluding tert-OH is 3. The molecule has 0 saturated carbocycles. The molecule has 0 aliphatic heterocycles. The van der Waals surface area contributed by atoms with Crippen molar-refractivity contribution in [3.63, 3.8) is 0 Å². The van der Waals surface area contributed by atoms with Crippen LogP contribution < -0.4 is 0 Å². The van der Waals surface area contributed by atoms with E-state index in [-0.39, 0.29) is 6.42 Å². The van der Waals surface area contributed by atoms with E-state index in [0.29, 0.717) is 6.29 Å². The Morgan fingerprint density at radius 2 is 1.91 bits per heavy atom. The van der Waals surface area contributed by atoms with Crippen LogP contribution in [0, 0.1) is 0 Å². The van der Waals surface area contributed by atoms with E-state index in [4.69, 9.17) is 15.3 Å². The van der Waals surface area contributed by atoms with Gasteiger partial charge in [0.05, 0.1) is 6.61 Å². The average Bonchev–Trinajstić information content (AvgIpc) is 2.02. The van der Waals surface area contributed by atoms with Crippen LogP contribution in [-0.2, 0) is 9.59 Å². The highest BCUT2D eigenvalue weighted by atomic mass is 16.3. The van der Waals surface area contributed by atoms with Crippen LogP contribution in [0.5, 0.6) is 0 Å². The summed E-state index contributed by atoms with van der Waals surface area (Å²) in [5.74, 6) is -0.931. The summed E-state index contributed by atoms with van der Waals surface area (Å²) in [7, 11) is 0. The van der Waals surface area contributed by atoms with Crippen molar-refractivity contribution in [2.75, 3.05) is 6.61 Å². The van der Waals surface area contributed by atoms with E-state index in [1.807, 2.05) is 0 Å². The van der Waals surface area contributed by atoms with Gasteiger partial charge < -0.3 is 20.1 Å². The van der Waals surface area contributed by atoms with Gasteiger partial charge in [-0.2, -0.15) is 0 Å². The number of carbonyl (C=O) groups excluding carboxylic acids is 2. The van der Waals surface area contributed by atoms with Crippen molar-refractivity contribution in [1.82, 2.24) is 0 Å². The molecule has 64 valence electrons. The van der Waals surface area contributed by atoms with Gasteiger partial charge in [-0.15, -0.1) is 0 Å². The zero-order chi connectivity index (χ0) is 8.85. The summed E-state index contributed by atoms with van der Waals surface area (Å²) in [5.41, 5.74) is 0. The smallest absolute Gasteiger partial charge is 0.192 e. The van der Waals surface area contributed by atoms with Crippen molar-refractivity contribution in [3.05, 3.63) is 0 Å². The SMILES string of the molecule is O=CCC(O)C(=O)C(O)CO. The van der Waals surface area contributed by atoms with Gasteiger partial charge in [-0.1, -0.05) is 0 Å². The summed E-state index contributed by atoms with van der Waals surface area (Å²) in [6, 6.07) is 0. The summed E-state index contributed by atoms with van der Waals surface area (Å²) >= 11 is 0. The van der Waals surface area contributed by atoms with Gasteiger partial charge in [-0.25, -0.2) is 0 Å². The van der Waals surface area contributed by atoms with E-state index in [1.165, 1.54) is 0 Å². The lowest BCUT2D eigenvalue weighted by Gasteiger charge is -2.09. The zero-order valence-electron chi connectivity index (χ0n) is 5.80. The Morgan fingerprint density at radius 3 is 2.27 bits per heavy atom. The Morgan fingerprint density at radius 1 is 1.36 bits per heavy atom. The van der Waals surface area contributed by atoms with Crippen LogP contribution in [-0.4, -0.2) is 46.2 Å². The second kappa shape index (κ2) is 4.95. The zero-order valence-corrected chi connectivity index (χ0v) is 5.80. The van der Waals surface area contributed by atoms with E-state index in [1.54, 1.807) is 0 Å². The standard InChI is InChI=1S/C6H10O5/c7-2-1-4(9)6(11)5(10)3-8/h2,4-5,8-10H,1,3H2. The number of hydrogen-bond acceptors (Lipinski definition) is 5. The molecule has 0 amide bonds. The molecular weight excluding hydrogens is 152 g/mol. The Balaban J connectivity index is 3.90. The van der Waals surface area contributed by atoms with Crippen LogP contribution in [0.25, 0.3) is 0 Å². The monoisotopic (exact) mass is 162 g/mol. The van der Waals surface area contributed by atoms with Crippen molar-refractivity contribution in [1.29, 1.82) is 0 Å². The number of rotatable bonds is 5. The van der Waals surface area contributed by atoms with Gasteiger partial charge in [0.2, 0.25) is 0 Å². The molecule has 0 aromatic rings. The van der Waals surface area contributed by atoms with E-state index in [2.05, 4.69) is 0 Å². The second-order valence-corrected chi connectivity index (χ2v) is 2.02. The molecule has 0 fully saturated rings. The van der Waals surface area contributed by atoms with Crippen molar-refractivity contribution in [2.45, 2.75) is 18.6 Å². The first-order chi connectivity index (χ1) is 5.13. The molecule has 0 spiro atoms. The van der Waals surface area contributed by atoms with Crippen LogP contribution in [0.4, 0.5) is 0 Å². The van der Waals surface area contributed by atoms with Gasteiger partial charge in [-0.3, -0.25) is 4.79 Å². The van der Waals surface area contributed by atoms with Crippen molar-refractivity contribution >= 4 is 12.1 Å². The minimum absolute atomic E-state index is 0.351. The molecule has 2 unspecified atom stereocenters. The second-order valence-electron chi connectivity index (χ2n) is 2.02. The number of Topliss-reactive ketones (excluding diaryl/α,β-unsaturated/α-hetero) is 1. The van der Waals surface area contributed by atoms with Gasteiger partial charge in [0.1, 0.15) is 18.5 Å². The summed E-state index contributed by atoms with van der Waals surface area (Å²) in [4.78, 5) is 20.4. The summed E-state index contributed by atoms with van der Waals surface area (Å²) in [6.45, 7) is -0.741. The quantitative estimate of drug-likeness (QED) is 0.401. The molecule has 0 aromatic heterocycles. The molecule has 3 N–H and O–H groups in total. The molecule has 5 nitrogen and oxygen atoms in total. The molecule has 11 heavy (non-hydrogen) atoms. The van der Waals surface area contributed by atoms with Gasteiger partial charge >= 0.3 is 0 Å². The Bertz CT molecular complexity index is 144. The fourth-order valence-corrected chi connectivity index (χ4v) is 0.519. The lowest BCUT2D eigenvalue weighted by atomic mass is 10.1. The molecular formula is C6H10O5. The molecule has 0 saturated heterocycles. The topological polar surface area (TPSA) is 94.8 Å². The molecule has 0 aromatic carbocycles. The van der Waals surface area contributed by atoms with E-state index < -0.39 is 24.6 Å². The third-order valence-corrected chi connectivity index (χ3v) is 1.15. The number of hydrogen-bond donors (Lipinski definition) is 3. The molecule has 0 radical (unpaired) electrons. The van der Waals surface area contributed by atoms with Crippen molar-refractivity contribution < 1.29 is 24.9 Å². The third-order valence-electron chi connectivity index (χ3n) is 1.15. The van der Waals surface area contributed by atoms with Crippen LogP contribution in [0.3, 0.4) is 0 Å². The fraction of sp³-hybridized carbons (Fsp3) is 0.667. The molecule has 0 aliphatic rings. The number of carbonyl (C=O) groups is 2. The van der Waals surface area contributed by atoms with Gasteiger partial charge in [0, 0.05) is 6.42 Å². The average molecular weight is 162 g/mol. The van der Waals surface area contributed by atoms with E-state index in [0.717, 1.165) is 0 Å². The summed E-state index contributed by atoms with van der Waals surface area (Å²) in [5, 5.41) is 25.7. The molecule has 0 heterocycles. The minimum atomic E-state index is -1.59. The molecule has 0 bridgehead atoms. The fourth-order valence-electron chi connectivity index (χ4n) is 0.519. The van der Waals surface area contributed by atoms with Crippen LogP contribution in [0.2, 0.25) is 0 Å². The number of ketones is 1. The van der Waals surface area contributed by atoms with E-state index in [9.17, 15) is 9.59 Å². The molecule has 2 atom stereocenters. The van der Waals surface area contributed by atoms with Crippen molar-refractivity contribution in [3.8, 4) is 0 Å². The predicted molar refractivity (Wildman–Crippen MR) is 34.8 cm³/mol. The maximum absolute atomic E-state index is 10.6. The maximum atomic E-state index is 10.6. The number of aliphatic hydroxyl groups is 3. The van der Waals surface area contributed by atoms with Crippen molar-refractivity contribution in [2.24, 2.45) is 0 Å². The first kappa shape index (κ1) is 10.2. The predicted octanol–water partition coefficient (Wildman–Crippen LogP) is -2.14. The van der Waals surface area contributed by atoms with Crippen LogP contribution in [0.1, 0.15) is 6.42 Å². The third kappa shape index (κ3) is 3.22. The number of aldehydes is 1. The van der Waals surface area contributed by atoms with Crippen LogP contribution >= 0.6 is 0 Å². The molecule has 0 rings (SSSR count). The minimum Gasteiger partial charge on any atom is -0.393 e. The first-order valence-electron chi connectivity index (χ1n) is 3.07.